The predicted octanol–water partition coefficient (Wildman–Crippen LogP) is 3.16. The Labute approximate surface area is 155 Å². The molecule has 26 heavy (non-hydrogen) atoms. The summed E-state index contributed by atoms with van der Waals surface area (Å²) < 4.78 is 0. The van der Waals surface area contributed by atoms with Crippen LogP contribution in [0.4, 0.5) is 0 Å². The van der Waals surface area contributed by atoms with Crippen molar-refractivity contribution in [2.75, 3.05) is 0 Å². The van der Waals surface area contributed by atoms with E-state index in [0.29, 0.717) is 5.92 Å². The molecule has 1 aliphatic carbocycles. The molecule has 1 aromatic heterocycles. The van der Waals surface area contributed by atoms with Gasteiger partial charge in [0.1, 0.15) is 5.69 Å². The number of carbonyl (C=O) groups is 1. The zero-order valence-electron chi connectivity index (χ0n) is 16.4. The van der Waals surface area contributed by atoms with Gasteiger partial charge < -0.3 is 5.32 Å². The predicted molar refractivity (Wildman–Crippen MR) is 107 cm³/mol. The largest absolute Gasteiger partial charge is 0.349 e. The molecule has 138 valence electrons. The van der Waals surface area contributed by atoms with Crippen LogP contribution >= 0.6 is 0 Å². The van der Waals surface area contributed by atoms with Crippen LogP contribution in [0.3, 0.4) is 0 Å². The van der Waals surface area contributed by atoms with Crippen LogP contribution in [0.2, 0.25) is 0 Å². The van der Waals surface area contributed by atoms with E-state index in [-0.39, 0.29) is 11.9 Å². The molecule has 0 spiro atoms. The first kappa shape index (κ1) is 18.4. The summed E-state index contributed by atoms with van der Waals surface area (Å²) in [6.45, 7) is 10.6. The van der Waals surface area contributed by atoms with Gasteiger partial charge >= 0.3 is 0 Å². The molecule has 0 saturated heterocycles. The number of fused-ring (bicyclic) bond motifs is 3. The van der Waals surface area contributed by atoms with Crippen molar-refractivity contribution < 1.29 is 4.79 Å². The summed E-state index contributed by atoms with van der Waals surface area (Å²) >= 11 is 0. The summed E-state index contributed by atoms with van der Waals surface area (Å²) in [6, 6.07) is 6.14. The topological polar surface area (TPSA) is 57.8 Å². The number of nitrogens with one attached hydrogen (secondary N) is 2. The zero-order valence-corrected chi connectivity index (χ0v) is 16.4. The van der Waals surface area contributed by atoms with Crippen molar-refractivity contribution in [1.82, 2.24) is 15.5 Å². The molecule has 2 N–H and O–H groups in total. The van der Waals surface area contributed by atoms with Gasteiger partial charge in [-0.1, -0.05) is 44.6 Å². The second-order valence-electron chi connectivity index (χ2n) is 7.59. The summed E-state index contributed by atoms with van der Waals surface area (Å²) in [5.41, 5.74) is 5.26. The van der Waals surface area contributed by atoms with E-state index in [9.17, 15) is 4.79 Å². The number of nitrogens with zero attached hydrogens (tertiary/aromatic N) is 1. The van der Waals surface area contributed by atoms with E-state index in [4.69, 9.17) is 0 Å². The molecule has 4 heteroatoms. The number of aromatic nitrogens is 2. The highest BCUT2D eigenvalue weighted by atomic mass is 16.1. The first-order valence-corrected chi connectivity index (χ1v) is 9.61. The maximum absolute atomic E-state index is 12.9. The smallest absolute Gasteiger partial charge is 0.251 e. The van der Waals surface area contributed by atoms with Gasteiger partial charge in [0.2, 0.25) is 0 Å². The molecule has 0 fully saturated rings. The molecular formula is C22H29N3O. The van der Waals surface area contributed by atoms with Gasteiger partial charge in [-0.3, -0.25) is 9.89 Å². The van der Waals surface area contributed by atoms with Crippen molar-refractivity contribution in [3.8, 4) is 11.3 Å². The molecule has 1 unspecified atom stereocenters. The molecule has 1 atom stereocenters. The van der Waals surface area contributed by atoms with Crippen molar-refractivity contribution in [3.05, 3.63) is 39.9 Å². The molecule has 1 amide bonds. The Balaban J connectivity index is 2.12. The fraction of sp³-hybridized carbons (Fsp3) is 0.455. The van der Waals surface area contributed by atoms with Gasteiger partial charge in [0, 0.05) is 22.4 Å². The maximum atomic E-state index is 12.9. The molecule has 1 aliphatic rings. The monoisotopic (exact) mass is 351 g/mol. The lowest BCUT2D eigenvalue weighted by Crippen LogP contribution is -2.36. The number of hydrogen-bond acceptors (Lipinski definition) is 2. The molecule has 4 nitrogen and oxygen atoms in total. The van der Waals surface area contributed by atoms with Crippen molar-refractivity contribution >= 4 is 17.6 Å². The second-order valence-corrected chi connectivity index (χ2v) is 7.59. The normalized spacial score (nSPS) is 15.5. The quantitative estimate of drug-likeness (QED) is 0.889. The number of H-pyrrole nitrogens is 1. The Kier molecular flexibility index (Phi) is 5.30. The van der Waals surface area contributed by atoms with Crippen LogP contribution in [0.5, 0.6) is 0 Å². The molecule has 2 aromatic rings. The number of rotatable bonds is 4. The number of hydrogen-bond donors (Lipinski definition) is 2. The molecule has 0 bridgehead atoms. The van der Waals surface area contributed by atoms with Crippen molar-refractivity contribution in [2.24, 2.45) is 5.92 Å². The van der Waals surface area contributed by atoms with Crippen LogP contribution in [-0.4, -0.2) is 22.1 Å². The fourth-order valence-corrected chi connectivity index (χ4v) is 3.51. The maximum Gasteiger partial charge on any atom is 0.251 e. The van der Waals surface area contributed by atoms with Crippen molar-refractivity contribution in [2.45, 2.75) is 59.9 Å². The zero-order chi connectivity index (χ0) is 18.8. The van der Waals surface area contributed by atoms with Gasteiger partial charge in [0.25, 0.3) is 5.91 Å². The Morgan fingerprint density at radius 1 is 1.31 bits per heavy atom. The lowest BCUT2D eigenvalue weighted by molar-refractivity contribution is 0.0929. The van der Waals surface area contributed by atoms with E-state index >= 15 is 0 Å². The summed E-state index contributed by atoms with van der Waals surface area (Å²) in [6.07, 6.45) is 4.95. The fourth-order valence-electron chi connectivity index (χ4n) is 3.51. The second kappa shape index (κ2) is 7.48. The van der Waals surface area contributed by atoms with E-state index in [0.717, 1.165) is 47.0 Å². The van der Waals surface area contributed by atoms with E-state index < -0.39 is 0 Å². The van der Waals surface area contributed by atoms with E-state index in [1.54, 1.807) is 0 Å². The Bertz CT molecular complexity index is 937. The Morgan fingerprint density at radius 3 is 2.77 bits per heavy atom. The number of amides is 1. The lowest BCUT2D eigenvalue weighted by Gasteiger charge is -2.19. The highest BCUT2D eigenvalue weighted by Gasteiger charge is 2.22. The van der Waals surface area contributed by atoms with Crippen LogP contribution in [0.1, 0.15) is 63.4 Å². The third kappa shape index (κ3) is 3.33. The average molecular weight is 351 g/mol. The summed E-state index contributed by atoms with van der Waals surface area (Å²) in [5.74, 6) is 0.418. The minimum absolute atomic E-state index is 0.0139. The Morgan fingerprint density at radius 2 is 2.08 bits per heavy atom. The average Bonchev–Trinajstić information content (AvgIpc) is 2.96. The number of aromatic amines is 1. The van der Waals surface area contributed by atoms with Gasteiger partial charge in [-0.15, -0.1) is 0 Å². The first-order chi connectivity index (χ1) is 12.4. The molecule has 0 aliphatic heterocycles. The van der Waals surface area contributed by atoms with Crippen LogP contribution in [0, 0.1) is 5.92 Å². The lowest BCUT2D eigenvalue weighted by atomic mass is 9.95. The standard InChI is InChI=1S/C22H29N3O/c1-6-8-19-20-14(4)11-12-16-17(21(20)25-24-19)9-7-10-18(16)22(26)23-15(5)13(2)3/h7-10,13,15,24H,6,11-12H2,1-5H3,(H,23,26)/b19-8+. The van der Waals surface area contributed by atoms with Crippen LogP contribution in [0.25, 0.3) is 22.9 Å². The summed E-state index contributed by atoms with van der Waals surface area (Å²) in [7, 11) is 0. The summed E-state index contributed by atoms with van der Waals surface area (Å²) in [5, 5.41) is 13.2. The van der Waals surface area contributed by atoms with E-state index in [1.807, 2.05) is 12.1 Å². The van der Waals surface area contributed by atoms with Gasteiger partial charge in [0.15, 0.2) is 0 Å². The van der Waals surface area contributed by atoms with Crippen LogP contribution in [-0.2, 0) is 6.42 Å². The highest BCUT2D eigenvalue weighted by Crippen LogP contribution is 2.28. The number of benzene rings is 1. The Hall–Kier alpha value is -2.36. The van der Waals surface area contributed by atoms with Gasteiger partial charge in [-0.05, 0) is 50.7 Å². The van der Waals surface area contributed by atoms with Crippen molar-refractivity contribution in [3.63, 3.8) is 0 Å². The van der Waals surface area contributed by atoms with Gasteiger partial charge in [-0.25, -0.2) is 0 Å². The SMILES string of the molecule is CC/C=c1/[nH]nc2c1=C(C)CCc1c(C(=O)NC(C)C(C)C)cccc1-2. The molecule has 3 rings (SSSR count). The van der Waals surface area contributed by atoms with Crippen LogP contribution in [0.15, 0.2) is 18.2 Å². The minimum Gasteiger partial charge on any atom is -0.349 e. The third-order valence-electron chi connectivity index (χ3n) is 5.41. The molecular weight excluding hydrogens is 322 g/mol. The molecule has 0 saturated carbocycles. The number of carbonyl (C=O) groups excluding carboxylic acids is 1. The highest BCUT2D eigenvalue weighted by molar-refractivity contribution is 5.98. The molecule has 0 radical (unpaired) electrons. The third-order valence-corrected chi connectivity index (χ3v) is 5.41. The summed E-state index contributed by atoms with van der Waals surface area (Å²) in [4.78, 5) is 12.9. The van der Waals surface area contributed by atoms with Gasteiger partial charge in [0.05, 0.1) is 5.35 Å². The molecule has 1 heterocycles. The molecule has 1 aromatic carbocycles. The van der Waals surface area contributed by atoms with Crippen molar-refractivity contribution in [1.29, 1.82) is 0 Å². The first-order valence-electron chi connectivity index (χ1n) is 9.61. The van der Waals surface area contributed by atoms with Crippen LogP contribution < -0.4 is 15.9 Å². The van der Waals surface area contributed by atoms with E-state index in [2.05, 4.69) is 62.3 Å². The van der Waals surface area contributed by atoms with Gasteiger partial charge in [-0.2, -0.15) is 5.10 Å². The van der Waals surface area contributed by atoms with E-state index in [1.165, 1.54) is 10.8 Å². The minimum atomic E-state index is 0.0139.